The number of alkyl halides is 3. The van der Waals surface area contributed by atoms with Crippen molar-refractivity contribution in [3.8, 4) is 5.75 Å². The average molecular weight is 327 g/mol. The zero-order chi connectivity index (χ0) is 17.0. The van der Waals surface area contributed by atoms with Crippen molar-refractivity contribution in [3.05, 3.63) is 63.6 Å². The Morgan fingerprint density at radius 1 is 1.22 bits per heavy atom. The molecule has 0 aliphatic carbocycles. The first kappa shape index (κ1) is 17.1. The first-order valence-corrected chi connectivity index (χ1v) is 6.83. The van der Waals surface area contributed by atoms with Gasteiger partial charge in [0.15, 0.2) is 11.9 Å². The number of rotatable bonds is 5. The van der Waals surface area contributed by atoms with Crippen molar-refractivity contribution in [1.82, 2.24) is 4.98 Å². The van der Waals surface area contributed by atoms with Gasteiger partial charge in [-0.15, -0.1) is 0 Å². The number of hydrogen-bond donors (Lipinski definition) is 1. The molecule has 1 aromatic heterocycles. The number of ether oxygens (including phenoxy) is 2. The maximum absolute atomic E-state index is 13.0. The minimum atomic E-state index is -4.69. The van der Waals surface area contributed by atoms with Crippen molar-refractivity contribution in [2.24, 2.45) is 0 Å². The van der Waals surface area contributed by atoms with Crippen molar-refractivity contribution in [1.29, 1.82) is 0 Å². The largest absolute Gasteiger partial charge is 0.483 e. The lowest BCUT2D eigenvalue weighted by Crippen LogP contribution is -2.28. The van der Waals surface area contributed by atoms with Crippen LogP contribution in [0.1, 0.15) is 22.9 Å². The van der Waals surface area contributed by atoms with Gasteiger partial charge < -0.3 is 14.5 Å². The summed E-state index contributed by atoms with van der Waals surface area (Å²) in [5.74, 6) is -0.141. The van der Waals surface area contributed by atoms with E-state index in [0.717, 1.165) is 18.9 Å². The lowest BCUT2D eigenvalue weighted by molar-refractivity contribution is -0.216. The van der Waals surface area contributed by atoms with E-state index in [1.54, 1.807) is 31.2 Å². The second-order valence-corrected chi connectivity index (χ2v) is 4.96. The monoisotopic (exact) mass is 327 g/mol. The summed E-state index contributed by atoms with van der Waals surface area (Å²) < 4.78 is 48.7. The van der Waals surface area contributed by atoms with Crippen LogP contribution in [0.2, 0.25) is 0 Å². The van der Waals surface area contributed by atoms with Gasteiger partial charge in [0.25, 0.3) is 0 Å². The normalized spacial score (nSPS) is 12.9. The van der Waals surface area contributed by atoms with Crippen LogP contribution in [0.5, 0.6) is 5.75 Å². The molecular formula is C16H16F3NO3. The van der Waals surface area contributed by atoms with Gasteiger partial charge in [0, 0.05) is 13.3 Å². The molecule has 1 atom stereocenters. The number of aryl methyl sites for hydroxylation is 1. The maximum atomic E-state index is 13.0. The van der Waals surface area contributed by atoms with E-state index in [0.29, 0.717) is 5.69 Å². The summed E-state index contributed by atoms with van der Waals surface area (Å²) in [4.78, 5) is 15.0. The molecule has 1 aromatic carbocycles. The fourth-order valence-corrected chi connectivity index (χ4v) is 2.15. The quantitative estimate of drug-likeness (QED) is 0.914. The first-order valence-electron chi connectivity index (χ1n) is 6.83. The van der Waals surface area contributed by atoms with Crippen LogP contribution in [0.3, 0.4) is 0 Å². The molecule has 23 heavy (non-hydrogen) atoms. The van der Waals surface area contributed by atoms with Crippen molar-refractivity contribution >= 4 is 0 Å². The summed E-state index contributed by atoms with van der Waals surface area (Å²) in [6.45, 7) is 1.64. The maximum Gasteiger partial charge on any atom is 0.419 e. The van der Waals surface area contributed by atoms with Crippen LogP contribution in [0.25, 0.3) is 0 Å². The zero-order valence-corrected chi connectivity index (χ0v) is 12.6. The Morgan fingerprint density at radius 2 is 1.87 bits per heavy atom. The number of aromatic amines is 1. The fraction of sp³-hybridized carbons (Fsp3) is 0.312. The molecule has 2 rings (SSSR count). The van der Waals surface area contributed by atoms with E-state index >= 15 is 0 Å². The molecule has 0 saturated carbocycles. The van der Waals surface area contributed by atoms with Crippen LogP contribution in [-0.2, 0) is 11.3 Å². The van der Waals surface area contributed by atoms with Crippen LogP contribution in [0.4, 0.5) is 13.2 Å². The lowest BCUT2D eigenvalue weighted by Gasteiger charge is -2.19. The zero-order valence-electron chi connectivity index (χ0n) is 12.6. The molecule has 124 valence electrons. The van der Waals surface area contributed by atoms with Crippen molar-refractivity contribution in [2.75, 3.05) is 7.11 Å². The number of halogens is 3. The van der Waals surface area contributed by atoms with Crippen molar-refractivity contribution < 1.29 is 22.6 Å². The molecule has 0 saturated heterocycles. The Bertz CT molecular complexity index is 711. The highest BCUT2D eigenvalue weighted by atomic mass is 19.4. The van der Waals surface area contributed by atoms with E-state index in [1.165, 1.54) is 0 Å². The summed E-state index contributed by atoms with van der Waals surface area (Å²) in [7, 11) is 0.905. The Labute approximate surface area is 130 Å². The Hall–Kier alpha value is -2.28. The molecule has 0 fully saturated rings. The minimum Gasteiger partial charge on any atom is -0.483 e. The van der Waals surface area contributed by atoms with Crippen molar-refractivity contribution in [2.45, 2.75) is 25.8 Å². The number of hydrogen-bond acceptors (Lipinski definition) is 3. The van der Waals surface area contributed by atoms with Gasteiger partial charge >= 0.3 is 6.18 Å². The summed E-state index contributed by atoms with van der Waals surface area (Å²) in [6, 6.07) is 9.02. The van der Waals surface area contributed by atoms with Gasteiger partial charge in [-0.1, -0.05) is 30.3 Å². The summed E-state index contributed by atoms with van der Waals surface area (Å²) >= 11 is 0. The van der Waals surface area contributed by atoms with E-state index in [1.807, 2.05) is 6.07 Å². The highest BCUT2D eigenvalue weighted by Crippen LogP contribution is 2.34. The standard InChI is InChI=1S/C16H16F3NO3/c1-10-14(23-9-11-6-4-3-5-7-11)13(21)12(8-20-10)15(22-2)16(17,18)19/h3-8,15H,9H2,1-2H3,(H,20,21). The van der Waals surface area contributed by atoms with E-state index in [9.17, 15) is 18.0 Å². The van der Waals surface area contributed by atoms with Crippen LogP contribution >= 0.6 is 0 Å². The van der Waals surface area contributed by atoms with Gasteiger partial charge in [0.1, 0.15) is 6.61 Å². The predicted octanol–water partition coefficient (Wildman–Crippen LogP) is 3.51. The minimum absolute atomic E-state index is 0.0812. The molecule has 2 aromatic rings. The second kappa shape index (κ2) is 6.87. The first-order chi connectivity index (χ1) is 10.8. The molecule has 0 bridgehead atoms. The number of pyridine rings is 1. The third-order valence-electron chi connectivity index (χ3n) is 3.29. The fourth-order valence-electron chi connectivity index (χ4n) is 2.15. The van der Waals surface area contributed by atoms with Crippen LogP contribution in [-0.4, -0.2) is 18.3 Å². The molecule has 1 heterocycles. The summed E-state index contributed by atoms with van der Waals surface area (Å²) in [6.07, 6.45) is -5.98. The Morgan fingerprint density at radius 3 is 2.43 bits per heavy atom. The molecule has 0 aliphatic heterocycles. The van der Waals surface area contributed by atoms with Gasteiger partial charge in [-0.2, -0.15) is 13.2 Å². The van der Waals surface area contributed by atoms with Crippen LogP contribution in [0, 0.1) is 6.92 Å². The molecule has 7 heteroatoms. The van der Waals surface area contributed by atoms with Crippen LogP contribution < -0.4 is 10.2 Å². The van der Waals surface area contributed by atoms with Crippen LogP contribution in [0.15, 0.2) is 41.3 Å². The summed E-state index contributed by atoms with van der Waals surface area (Å²) in [5.41, 5.74) is -0.211. The number of nitrogens with one attached hydrogen (secondary N) is 1. The van der Waals surface area contributed by atoms with E-state index in [2.05, 4.69) is 9.72 Å². The molecule has 0 aliphatic rings. The smallest absolute Gasteiger partial charge is 0.419 e. The van der Waals surface area contributed by atoms with Gasteiger partial charge in [-0.25, -0.2) is 0 Å². The SMILES string of the molecule is COC(c1c[nH]c(C)c(OCc2ccccc2)c1=O)C(F)(F)F. The Kier molecular flexibility index (Phi) is 5.10. The number of aromatic nitrogens is 1. The Balaban J connectivity index is 2.33. The number of benzene rings is 1. The third-order valence-corrected chi connectivity index (χ3v) is 3.29. The summed E-state index contributed by atoms with van der Waals surface area (Å²) in [5, 5.41) is 0. The van der Waals surface area contributed by atoms with Gasteiger partial charge in [0.05, 0.1) is 11.3 Å². The van der Waals surface area contributed by atoms with Gasteiger partial charge in [-0.05, 0) is 12.5 Å². The van der Waals surface area contributed by atoms with E-state index < -0.39 is 23.3 Å². The van der Waals surface area contributed by atoms with E-state index in [-0.39, 0.29) is 12.4 Å². The molecule has 1 N–H and O–H groups in total. The topological polar surface area (TPSA) is 51.3 Å². The lowest BCUT2D eigenvalue weighted by atomic mass is 10.1. The molecule has 0 radical (unpaired) electrons. The second-order valence-electron chi connectivity index (χ2n) is 4.96. The number of H-pyrrole nitrogens is 1. The molecule has 1 unspecified atom stereocenters. The molecular weight excluding hydrogens is 311 g/mol. The van der Waals surface area contributed by atoms with Crippen molar-refractivity contribution in [3.63, 3.8) is 0 Å². The van der Waals surface area contributed by atoms with Gasteiger partial charge in [-0.3, -0.25) is 4.79 Å². The van der Waals surface area contributed by atoms with Gasteiger partial charge in [0.2, 0.25) is 5.43 Å². The third kappa shape index (κ3) is 3.92. The highest BCUT2D eigenvalue weighted by Gasteiger charge is 2.43. The molecule has 0 spiro atoms. The number of methoxy groups -OCH3 is 1. The predicted molar refractivity (Wildman–Crippen MR) is 78.4 cm³/mol. The van der Waals surface area contributed by atoms with E-state index in [4.69, 9.17) is 4.74 Å². The molecule has 0 amide bonds. The highest BCUT2D eigenvalue weighted by molar-refractivity contribution is 5.33. The molecule has 4 nitrogen and oxygen atoms in total. The average Bonchev–Trinajstić information content (AvgIpc) is 2.50.